The molecule has 0 fully saturated rings. The number of halogens is 12. The summed E-state index contributed by atoms with van der Waals surface area (Å²) in [5.74, 6) is -5.76. The van der Waals surface area contributed by atoms with Crippen LogP contribution in [0.5, 0.6) is 5.75 Å². The number of rotatable bonds is 8. The summed E-state index contributed by atoms with van der Waals surface area (Å²) in [6, 6.07) is 6.50. The molecule has 0 saturated heterocycles. The van der Waals surface area contributed by atoms with Gasteiger partial charge in [-0.1, -0.05) is 15.9 Å². The van der Waals surface area contributed by atoms with E-state index in [1.165, 1.54) is 0 Å². The number of nitriles is 1. The highest BCUT2D eigenvalue weighted by atomic mass is 79.9. The third kappa shape index (κ3) is 6.64. The second-order valence-electron chi connectivity index (χ2n) is 8.90. The van der Waals surface area contributed by atoms with E-state index in [1.807, 2.05) is 0 Å². The molecule has 0 aliphatic rings. The van der Waals surface area contributed by atoms with Gasteiger partial charge in [0.15, 0.2) is 5.78 Å². The third-order valence-electron chi connectivity index (χ3n) is 6.15. The zero-order valence-electron chi connectivity index (χ0n) is 21.6. The molecule has 0 N–H and O–H groups in total. The Morgan fingerprint density at radius 3 is 2.09 bits per heavy atom. The maximum absolute atomic E-state index is 14.6. The van der Waals surface area contributed by atoms with Gasteiger partial charge in [0, 0.05) is 40.7 Å². The summed E-state index contributed by atoms with van der Waals surface area (Å²) in [6.45, 7) is -3.83. The van der Waals surface area contributed by atoms with Gasteiger partial charge in [0.2, 0.25) is 0 Å². The molecule has 44 heavy (non-hydrogen) atoms. The number of amides is 1. The van der Waals surface area contributed by atoms with E-state index in [4.69, 9.17) is 0 Å². The number of hydrogen-bond acceptors (Lipinski definition) is 4. The molecule has 3 aromatic rings. The number of benzene rings is 3. The van der Waals surface area contributed by atoms with E-state index in [-0.39, 0.29) is 28.9 Å². The lowest BCUT2D eigenvalue weighted by atomic mass is 9.91. The lowest BCUT2D eigenvalue weighted by Crippen LogP contribution is -2.50. The van der Waals surface area contributed by atoms with Crippen molar-refractivity contribution in [2.24, 2.45) is 0 Å². The number of carbonyl (C=O) groups excluding carboxylic acids is 2. The van der Waals surface area contributed by atoms with E-state index in [1.54, 1.807) is 6.07 Å². The molecule has 0 atom stereocenters. The SMILES string of the molecule is CN(C(=O)c1ccc(F)cc1F)c1cc(C(=O)Cc2c(Br)cc(C(F)(C(F)(F)F)C(F)(F)F)cc2OC(F)F)ccc1C#N. The van der Waals surface area contributed by atoms with Crippen LogP contribution in [0.25, 0.3) is 0 Å². The molecule has 0 radical (unpaired) electrons. The molecule has 1 amide bonds. The summed E-state index contributed by atoms with van der Waals surface area (Å²) < 4.78 is 151. The van der Waals surface area contributed by atoms with Crippen LogP contribution < -0.4 is 9.64 Å². The average molecular weight is 703 g/mol. The minimum atomic E-state index is -6.58. The molecular formula is C27H14BrF11N2O3. The van der Waals surface area contributed by atoms with Crippen molar-refractivity contribution in [1.82, 2.24) is 0 Å². The summed E-state index contributed by atoms with van der Waals surface area (Å²) in [6.07, 6.45) is -14.2. The smallest absolute Gasteiger partial charge is 0.434 e. The largest absolute Gasteiger partial charge is 0.435 e. The summed E-state index contributed by atoms with van der Waals surface area (Å²) >= 11 is 2.60. The number of carbonyl (C=O) groups is 2. The Morgan fingerprint density at radius 1 is 0.955 bits per heavy atom. The van der Waals surface area contributed by atoms with Gasteiger partial charge < -0.3 is 9.64 Å². The molecule has 3 aromatic carbocycles. The Morgan fingerprint density at radius 2 is 1.57 bits per heavy atom. The van der Waals surface area contributed by atoms with Crippen LogP contribution in [0.15, 0.2) is 53.0 Å². The molecule has 0 bridgehead atoms. The van der Waals surface area contributed by atoms with Gasteiger partial charge in [-0.15, -0.1) is 0 Å². The molecule has 5 nitrogen and oxygen atoms in total. The summed E-state index contributed by atoms with van der Waals surface area (Å²) in [5, 5.41) is 9.46. The monoisotopic (exact) mass is 702 g/mol. The second-order valence-corrected chi connectivity index (χ2v) is 9.75. The Labute approximate surface area is 248 Å². The average Bonchev–Trinajstić information content (AvgIpc) is 2.91. The molecular weight excluding hydrogens is 689 g/mol. The first kappa shape index (κ1) is 34.3. The lowest BCUT2D eigenvalue weighted by Gasteiger charge is -2.31. The van der Waals surface area contributed by atoms with E-state index in [0.717, 1.165) is 42.3 Å². The number of hydrogen-bond donors (Lipinski definition) is 0. The highest BCUT2D eigenvalue weighted by molar-refractivity contribution is 9.10. The molecule has 0 unspecified atom stereocenters. The van der Waals surface area contributed by atoms with Gasteiger partial charge in [-0.2, -0.15) is 40.4 Å². The zero-order chi connectivity index (χ0) is 33.4. The normalized spacial score (nSPS) is 12.2. The van der Waals surface area contributed by atoms with E-state index in [0.29, 0.717) is 6.07 Å². The fourth-order valence-electron chi connectivity index (χ4n) is 3.96. The van der Waals surface area contributed by atoms with Crippen LogP contribution in [0.4, 0.5) is 54.0 Å². The van der Waals surface area contributed by atoms with Gasteiger partial charge in [-0.25, -0.2) is 13.2 Å². The van der Waals surface area contributed by atoms with Crippen LogP contribution in [0, 0.1) is 23.0 Å². The quantitative estimate of drug-likeness (QED) is 0.175. The zero-order valence-corrected chi connectivity index (χ0v) is 23.1. The van der Waals surface area contributed by atoms with Crippen molar-refractivity contribution in [2.75, 3.05) is 11.9 Å². The minimum absolute atomic E-state index is 0.00974. The number of anilines is 1. The van der Waals surface area contributed by atoms with Gasteiger partial charge in [0.1, 0.15) is 23.5 Å². The summed E-state index contributed by atoms with van der Waals surface area (Å²) in [7, 11) is 1.07. The highest BCUT2D eigenvalue weighted by Crippen LogP contribution is 2.54. The maximum Gasteiger partial charge on any atom is 0.435 e. The van der Waals surface area contributed by atoms with Crippen LogP contribution in [-0.4, -0.2) is 37.7 Å². The molecule has 0 heterocycles. The lowest BCUT2D eigenvalue weighted by molar-refractivity contribution is -0.348. The van der Waals surface area contributed by atoms with Gasteiger partial charge in [-0.05, 0) is 42.5 Å². The molecule has 0 aliphatic heterocycles. The van der Waals surface area contributed by atoms with Gasteiger partial charge in [0.05, 0.1) is 16.8 Å². The molecule has 0 aromatic heterocycles. The Kier molecular flexibility index (Phi) is 9.68. The minimum Gasteiger partial charge on any atom is -0.434 e. The first-order chi connectivity index (χ1) is 20.2. The number of alkyl halides is 9. The van der Waals surface area contributed by atoms with Crippen LogP contribution in [0.3, 0.4) is 0 Å². The van der Waals surface area contributed by atoms with Crippen molar-refractivity contribution < 1.29 is 62.6 Å². The van der Waals surface area contributed by atoms with Crippen molar-refractivity contribution >= 4 is 33.3 Å². The topological polar surface area (TPSA) is 70.4 Å². The predicted octanol–water partition coefficient (Wildman–Crippen LogP) is 8.19. The van der Waals surface area contributed by atoms with Gasteiger partial charge in [-0.3, -0.25) is 9.59 Å². The van der Waals surface area contributed by atoms with Gasteiger partial charge in [0.25, 0.3) is 5.91 Å². The van der Waals surface area contributed by atoms with E-state index in [2.05, 4.69) is 20.7 Å². The molecule has 3 rings (SSSR count). The van der Waals surface area contributed by atoms with Crippen LogP contribution in [-0.2, 0) is 12.1 Å². The van der Waals surface area contributed by atoms with Crippen molar-refractivity contribution in [3.8, 4) is 11.8 Å². The van der Waals surface area contributed by atoms with E-state index < -0.39 is 81.3 Å². The maximum atomic E-state index is 14.6. The highest BCUT2D eigenvalue weighted by Gasteiger charge is 2.73. The van der Waals surface area contributed by atoms with Crippen LogP contribution in [0.1, 0.15) is 37.4 Å². The molecule has 0 spiro atoms. The van der Waals surface area contributed by atoms with E-state index >= 15 is 0 Å². The van der Waals surface area contributed by atoms with Crippen molar-refractivity contribution in [2.45, 2.75) is 31.1 Å². The fourth-order valence-corrected chi connectivity index (χ4v) is 4.55. The fraction of sp³-hybridized carbons (Fsp3) is 0.222. The Balaban J connectivity index is 2.07. The van der Waals surface area contributed by atoms with Crippen molar-refractivity contribution in [1.29, 1.82) is 5.26 Å². The third-order valence-corrected chi connectivity index (χ3v) is 6.86. The first-order valence-corrected chi connectivity index (χ1v) is 12.4. The van der Waals surface area contributed by atoms with Crippen LogP contribution >= 0.6 is 15.9 Å². The van der Waals surface area contributed by atoms with Crippen molar-refractivity contribution in [3.63, 3.8) is 0 Å². The van der Waals surface area contributed by atoms with E-state index in [9.17, 15) is 63.1 Å². The summed E-state index contributed by atoms with van der Waals surface area (Å²) in [5.41, 5.74) is -10.4. The number of ketones is 1. The van der Waals surface area contributed by atoms with Crippen molar-refractivity contribution in [3.05, 3.63) is 92.5 Å². The predicted molar refractivity (Wildman–Crippen MR) is 134 cm³/mol. The number of ether oxygens (including phenoxy) is 1. The summed E-state index contributed by atoms with van der Waals surface area (Å²) in [4.78, 5) is 26.7. The number of nitrogens with zero attached hydrogens (tertiary/aromatic N) is 2. The van der Waals surface area contributed by atoms with Crippen LogP contribution in [0.2, 0.25) is 0 Å². The molecule has 234 valence electrons. The second kappa shape index (κ2) is 12.4. The Hall–Kier alpha value is -4.20. The molecule has 17 heteroatoms. The first-order valence-electron chi connectivity index (χ1n) is 11.6. The number of Topliss-reactive ketones (excluding diaryl/α,β-unsaturated/α-hetero) is 1. The Bertz CT molecular complexity index is 1640. The van der Waals surface area contributed by atoms with Gasteiger partial charge >= 0.3 is 24.6 Å². The molecule has 0 saturated carbocycles. The molecule has 0 aliphatic carbocycles. The standard InChI is InChI=1S/C27H14BrF11N2O3/c1-41(23(43)16-5-4-15(29)9-19(16)30)20-6-12(2-3-13(20)11-40)21(42)10-17-18(28)7-14(8-22(17)44-24(31)32)25(33,26(34,35)36)27(37,38)39/h2-9,24H,10H2,1H3.